The molecular weight excluding hydrogens is 378 g/mol. The van der Waals surface area contributed by atoms with Crippen LogP contribution >= 0.6 is 0 Å². The van der Waals surface area contributed by atoms with Crippen LogP contribution in [0.3, 0.4) is 0 Å². The minimum absolute atomic E-state index is 0.0359. The quantitative estimate of drug-likeness (QED) is 0.648. The zero-order valence-electron chi connectivity index (χ0n) is 18.3. The van der Waals surface area contributed by atoms with Crippen LogP contribution in [0.4, 0.5) is 5.82 Å². The maximum atomic E-state index is 12.4. The summed E-state index contributed by atoms with van der Waals surface area (Å²) in [5.41, 5.74) is 2.23. The lowest BCUT2D eigenvalue weighted by Crippen LogP contribution is -2.43. The van der Waals surface area contributed by atoms with Gasteiger partial charge in [0.25, 0.3) is 0 Å². The van der Waals surface area contributed by atoms with Gasteiger partial charge in [0.15, 0.2) is 5.82 Å². The van der Waals surface area contributed by atoms with Gasteiger partial charge in [-0.15, -0.1) is 5.10 Å². The number of rotatable bonds is 10. The van der Waals surface area contributed by atoms with E-state index in [0.717, 1.165) is 42.9 Å². The average molecular weight is 412 g/mol. The van der Waals surface area contributed by atoms with Crippen molar-refractivity contribution in [1.82, 2.24) is 20.4 Å². The van der Waals surface area contributed by atoms with Crippen molar-refractivity contribution < 1.29 is 9.53 Å². The second-order valence-corrected chi connectivity index (χ2v) is 8.22. The third-order valence-corrected chi connectivity index (χ3v) is 5.26. The number of hydrogen-bond acceptors (Lipinski definition) is 6. The Kier molecular flexibility index (Phi) is 8.16. The van der Waals surface area contributed by atoms with Gasteiger partial charge in [-0.2, -0.15) is 5.10 Å². The number of carbonyl (C=O) groups is 1. The molecular formula is C23H33N5O2. The van der Waals surface area contributed by atoms with Crippen LogP contribution in [0.2, 0.25) is 0 Å². The number of ether oxygens (including phenoxy) is 1. The van der Waals surface area contributed by atoms with Crippen molar-refractivity contribution in [2.75, 3.05) is 31.6 Å². The molecule has 3 rings (SSSR count). The predicted molar refractivity (Wildman–Crippen MR) is 118 cm³/mol. The molecule has 1 N–H and O–H groups in total. The summed E-state index contributed by atoms with van der Waals surface area (Å²) in [4.78, 5) is 16.8. The molecule has 1 saturated heterocycles. The standard InChI is InChI=1S/C23H33N5O2/c1-18(2)30-17-20-10-8-19(9-11-20)14-24-23(29)16-27(3)15-21-6-5-13-28(21)22-7-4-12-25-26-22/h4,7-12,18,21H,5-6,13-17H2,1-3H3,(H,24,29). The highest BCUT2D eigenvalue weighted by molar-refractivity contribution is 5.78. The summed E-state index contributed by atoms with van der Waals surface area (Å²) in [6, 6.07) is 12.5. The van der Waals surface area contributed by atoms with E-state index in [1.807, 2.05) is 45.2 Å². The SMILES string of the molecule is CC(C)OCc1ccc(CNC(=O)CN(C)CC2CCCN2c2cccnn2)cc1. The molecule has 2 aromatic rings. The van der Waals surface area contributed by atoms with Crippen LogP contribution in [-0.2, 0) is 22.7 Å². The van der Waals surface area contributed by atoms with E-state index in [1.54, 1.807) is 6.20 Å². The minimum Gasteiger partial charge on any atom is -0.374 e. The monoisotopic (exact) mass is 411 g/mol. The van der Waals surface area contributed by atoms with Gasteiger partial charge in [-0.25, -0.2) is 0 Å². The first-order valence-electron chi connectivity index (χ1n) is 10.7. The first kappa shape index (κ1) is 22.2. The van der Waals surface area contributed by atoms with Gasteiger partial charge in [0.05, 0.1) is 19.3 Å². The summed E-state index contributed by atoms with van der Waals surface area (Å²) in [5, 5.41) is 11.2. The molecule has 0 aliphatic carbocycles. The molecule has 1 aliphatic heterocycles. The van der Waals surface area contributed by atoms with Crippen molar-refractivity contribution in [3.63, 3.8) is 0 Å². The smallest absolute Gasteiger partial charge is 0.234 e. The lowest BCUT2D eigenvalue weighted by molar-refractivity contribution is -0.122. The van der Waals surface area contributed by atoms with Crippen molar-refractivity contribution in [3.8, 4) is 0 Å². The third-order valence-electron chi connectivity index (χ3n) is 5.26. The van der Waals surface area contributed by atoms with E-state index in [9.17, 15) is 4.79 Å². The molecule has 162 valence electrons. The predicted octanol–water partition coefficient (Wildman–Crippen LogP) is 2.62. The van der Waals surface area contributed by atoms with Gasteiger partial charge >= 0.3 is 0 Å². The summed E-state index contributed by atoms with van der Waals surface area (Å²) in [7, 11) is 2.00. The van der Waals surface area contributed by atoms with E-state index in [2.05, 4.69) is 37.4 Å². The zero-order valence-corrected chi connectivity index (χ0v) is 18.3. The molecule has 1 aromatic heterocycles. The number of nitrogens with one attached hydrogen (secondary N) is 1. The van der Waals surface area contributed by atoms with Crippen LogP contribution in [-0.4, -0.2) is 59.8 Å². The number of anilines is 1. The fourth-order valence-electron chi connectivity index (χ4n) is 3.72. The Labute approximate surface area is 179 Å². The highest BCUT2D eigenvalue weighted by Crippen LogP contribution is 2.23. The molecule has 0 saturated carbocycles. The van der Waals surface area contributed by atoms with Gasteiger partial charge in [0.1, 0.15) is 0 Å². The molecule has 1 aliphatic rings. The molecule has 1 aromatic carbocycles. The fraction of sp³-hybridized carbons (Fsp3) is 0.522. The molecule has 1 fully saturated rings. The zero-order chi connectivity index (χ0) is 21.3. The summed E-state index contributed by atoms with van der Waals surface area (Å²) in [5.74, 6) is 0.953. The number of aromatic nitrogens is 2. The van der Waals surface area contributed by atoms with E-state index in [1.165, 1.54) is 0 Å². The van der Waals surface area contributed by atoms with Crippen molar-refractivity contribution >= 4 is 11.7 Å². The Balaban J connectivity index is 1.41. The summed E-state index contributed by atoms with van der Waals surface area (Å²) in [6.07, 6.45) is 4.16. The minimum atomic E-state index is 0.0359. The molecule has 0 bridgehead atoms. The van der Waals surface area contributed by atoms with Crippen molar-refractivity contribution in [1.29, 1.82) is 0 Å². The van der Waals surface area contributed by atoms with E-state index in [4.69, 9.17) is 4.74 Å². The van der Waals surface area contributed by atoms with E-state index in [0.29, 0.717) is 25.7 Å². The highest BCUT2D eigenvalue weighted by atomic mass is 16.5. The number of likely N-dealkylation sites (N-methyl/N-ethyl adjacent to an activating group) is 1. The highest BCUT2D eigenvalue weighted by Gasteiger charge is 2.27. The fourth-order valence-corrected chi connectivity index (χ4v) is 3.72. The first-order chi connectivity index (χ1) is 14.5. The number of amides is 1. The second kappa shape index (κ2) is 11.0. The normalized spacial score (nSPS) is 16.4. The number of hydrogen-bond donors (Lipinski definition) is 1. The molecule has 0 spiro atoms. The first-order valence-corrected chi connectivity index (χ1v) is 10.7. The maximum Gasteiger partial charge on any atom is 0.234 e. The molecule has 7 nitrogen and oxygen atoms in total. The van der Waals surface area contributed by atoms with E-state index < -0.39 is 0 Å². The molecule has 0 radical (unpaired) electrons. The molecule has 30 heavy (non-hydrogen) atoms. The van der Waals surface area contributed by atoms with Crippen molar-refractivity contribution in [2.24, 2.45) is 0 Å². The van der Waals surface area contributed by atoms with Gasteiger partial charge in [-0.05, 0) is 57.0 Å². The Morgan fingerprint density at radius 3 is 2.73 bits per heavy atom. The number of nitrogens with zero attached hydrogens (tertiary/aromatic N) is 4. The number of carbonyl (C=O) groups excluding carboxylic acids is 1. The van der Waals surface area contributed by atoms with E-state index >= 15 is 0 Å². The molecule has 7 heteroatoms. The average Bonchev–Trinajstić information content (AvgIpc) is 3.20. The lowest BCUT2D eigenvalue weighted by atomic mass is 10.1. The summed E-state index contributed by atoms with van der Waals surface area (Å²) in [6.45, 7) is 7.40. The Morgan fingerprint density at radius 2 is 2.03 bits per heavy atom. The molecule has 1 amide bonds. The van der Waals surface area contributed by atoms with Crippen molar-refractivity contribution in [3.05, 3.63) is 53.7 Å². The van der Waals surface area contributed by atoms with Gasteiger partial charge in [-0.1, -0.05) is 24.3 Å². The Bertz CT molecular complexity index is 782. The van der Waals surface area contributed by atoms with Crippen molar-refractivity contribution in [2.45, 2.75) is 52.0 Å². The molecule has 1 unspecified atom stereocenters. The van der Waals surface area contributed by atoms with Gasteiger partial charge < -0.3 is 15.0 Å². The van der Waals surface area contributed by atoms with Gasteiger partial charge in [-0.3, -0.25) is 9.69 Å². The van der Waals surface area contributed by atoms with Crippen LogP contribution in [0.15, 0.2) is 42.6 Å². The van der Waals surface area contributed by atoms with Gasteiger partial charge in [0.2, 0.25) is 5.91 Å². The second-order valence-electron chi connectivity index (χ2n) is 8.22. The summed E-state index contributed by atoms with van der Waals surface area (Å²) >= 11 is 0. The Hall–Kier alpha value is -2.51. The van der Waals surface area contributed by atoms with Crippen LogP contribution in [0.5, 0.6) is 0 Å². The third kappa shape index (κ3) is 6.78. The summed E-state index contributed by atoms with van der Waals surface area (Å²) < 4.78 is 5.61. The largest absolute Gasteiger partial charge is 0.374 e. The maximum absolute atomic E-state index is 12.4. The molecule has 1 atom stereocenters. The number of benzene rings is 1. The van der Waals surface area contributed by atoms with Crippen LogP contribution in [0, 0.1) is 0 Å². The van der Waals surface area contributed by atoms with Crippen LogP contribution < -0.4 is 10.2 Å². The lowest BCUT2D eigenvalue weighted by Gasteiger charge is -2.28. The van der Waals surface area contributed by atoms with Crippen LogP contribution in [0.25, 0.3) is 0 Å². The van der Waals surface area contributed by atoms with E-state index in [-0.39, 0.29) is 12.0 Å². The molecule has 2 heterocycles. The van der Waals surface area contributed by atoms with Crippen LogP contribution in [0.1, 0.15) is 37.8 Å². The van der Waals surface area contributed by atoms with Gasteiger partial charge in [0, 0.05) is 31.9 Å². The topological polar surface area (TPSA) is 70.6 Å². The Morgan fingerprint density at radius 1 is 1.27 bits per heavy atom.